The maximum atomic E-state index is 13.4. The van der Waals surface area contributed by atoms with Crippen LogP contribution in [0, 0.1) is 6.92 Å². The van der Waals surface area contributed by atoms with Gasteiger partial charge in [0.15, 0.2) is 11.5 Å². The van der Waals surface area contributed by atoms with Gasteiger partial charge in [-0.2, -0.15) is 0 Å². The summed E-state index contributed by atoms with van der Waals surface area (Å²) in [5.74, 6) is -0.214. The minimum atomic E-state index is -0.869. The van der Waals surface area contributed by atoms with Crippen LogP contribution >= 0.6 is 0 Å². The Kier molecular flexibility index (Phi) is 8.01. The number of benzene rings is 3. The zero-order chi connectivity index (χ0) is 28.9. The molecule has 0 saturated carbocycles. The highest BCUT2D eigenvalue weighted by atomic mass is 16.5. The Labute approximate surface area is 238 Å². The molecule has 0 aliphatic carbocycles. The number of nitrogens with zero attached hydrogens (tertiary/aromatic N) is 2. The highest BCUT2D eigenvalue weighted by Gasteiger charge is 2.46. The second kappa shape index (κ2) is 12.0. The summed E-state index contributed by atoms with van der Waals surface area (Å²) in [6.45, 7) is 2.55. The molecule has 0 bridgehead atoms. The van der Waals surface area contributed by atoms with Crippen molar-refractivity contribution in [3.63, 3.8) is 0 Å². The van der Waals surface area contributed by atoms with Crippen molar-refractivity contribution in [2.24, 2.45) is 0 Å². The van der Waals surface area contributed by atoms with Gasteiger partial charge in [-0.1, -0.05) is 36.4 Å². The van der Waals surface area contributed by atoms with Crippen LogP contribution in [-0.2, 0) is 22.7 Å². The largest absolute Gasteiger partial charge is 0.507 e. The first-order valence-corrected chi connectivity index (χ1v) is 13.1. The smallest absolute Gasteiger partial charge is 0.295 e. The van der Waals surface area contributed by atoms with E-state index < -0.39 is 17.7 Å². The summed E-state index contributed by atoms with van der Waals surface area (Å²) in [4.78, 5) is 32.4. The minimum absolute atomic E-state index is 0.0142. The fourth-order valence-electron chi connectivity index (χ4n) is 4.90. The summed E-state index contributed by atoms with van der Waals surface area (Å²) in [7, 11) is 3.04. The van der Waals surface area contributed by atoms with E-state index in [-0.39, 0.29) is 17.9 Å². The van der Waals surface area contributed by atoms with Gasteiger partial charge in [0.2, 0.25) is 0 Å². The number of rotatable bonds is 9. The molecule has 1 aromatic heterocycles. The number of ether oxygens (including phenoxy) is 3. The third kappa shape index (κ3) is 5.63. The third-order valence-electron chi connectivity index (χ3n) is 7.12. The first-order valence-electron chi connectivity index (χ1n) is 13.1. The predicted molar refractivity (Wildman–Crippen MR) is 154 cm³/mol. The molecule has 1 amide bonds. The lowest BCUT2D eigenvalue weighted by molar-refractivity contribution is -0.140. The molecule has 3 aromatic carbocycles. The Morgan fingerprint density at radius 2 is 1.68 bits per heavy atom. The van der Waals surface area contributed by atoms with E-state index in [0.29, 0.717) is 35.0 Å². The number of methoxy groups -OCH3 is 2. The molecule has 41 heavy (non-hydrogen) atoms. The SMILES string of the molecule is COc1ccc(C2/C(=C(/O)c3ccc(OCc4ccccc4C)cc3)C(=O)C(=O)N2Cc2cccnc2)cc1OC. The van der Waals surface area contributed by atoms with Crippen LogP contribution < -0.4 is 14.2 Å². The van der Waals surface area contributed by atoms with Crippen LogP contribution in [0.4, 0.5) is 0 Å². The molecule has 8 nitrogen and oxygen atoms in total. The molecule has 0 spiro atoms. The lowest BCUT2D eigenvalue weighted by Crippen LogP contribution is -2.29. The Hall–Kier alpha value is -5.11. The van der Waals surface area contributed by atoms with E-state index in [9.17, 15) is 14.7 Å². The molecular weight excluding hydrogens is 520 g/mol. The molecule has 4 aromatic rings. The van der Waals surface area contributed by atoms with Gasteiger partial charge in [0, 0.05) is 24.5 Å². The highest BCUT2D eigenvalue weighted by Crippen LogP contribution is 2.42. The highest BCUT2D eigenvalue weighted by molar-refractivity contribution is 6.46. The van der Waals surface area contributed by atoms with E-state index in [4.69, 9.17) is 14.2 Å². The minimum Gasteiger partial charge on any atom is -0.507 e. The molecule has 1 atom stereocenters. The van der Waals surface area contributed by atoms with Crippen LogP contribution in [0.1, 0.15) is 33.9 Å². The first-order chi connectivity index (χ1) is 19.9. The van der Waals surface area contributed by atoms with Crippen LogP contribution in [-0.4, -0.2) is 40.9 Å². The molecule has 1 unspecified atom stereocenters. The fourth-order valence-corrected chi connectivity index (χ4v) is 4.90. The zero-order valence-electron chi connectivity index (χ0n) is 23.0. The summed E-state index contributed by atoms with van der Waals surface area (Å²) >= 11 is 0. The Bertz CT molecular complexity index is 1600. The normalized spacial score (nSPS) is 16.1. The molecule has 1 aliphatic heterocycles. The van der Waals surface area contributed by atoms with Gasteiger partial charge in [-0.3, -0.25) is 14.6 Å². The van der Waals surface area contributed by atoms with Crippen LogP contribution in [0.2, 0.25) is 0 Å². The number of hydrogen-bond donors (Lipinski definition) is 1. The van der Waals surface area contributed by atoms with Crippen molar-refractivity contribution >= 4 is 17.4 Å². The average Bonchev–Trinajstić information content (AvgIpc) is 3.25. The number of aryl methyl sites for hydroxylation is 1. The summed E-state index contributed by atoms with van der Waals surface area (Å²) in [5.41, 5.74) is 3.91. The number of likely N-dealkylation sites (tertiary alicyclic amines) is 1. The zero-order valence-corrected chi connectivity index (χ0v) is 23.0. The van der Waals surface area contributed by atoms with E-state index in [2.05, 4.69) is 4.98 Å². The average molecular weight is 551 g/mol. The molecule has 5 rings (SSSR count). The van der Waals surface area contributed by atoms with E-state index in [1.165, 1.54) is 19.1 Å². The summed E-state index contributed by atoms with van der Waals surface area (Å²) in [6.07, 6.45) is 3.28. The number of pyridine rings is 1. The maximum absolute atomic E-state index is 13.4. The molecular formula is C33H30N2O6. The van der Waals surface area contributed by atoms with Crippen molar-refractivity contribution in [2.75, 3.05) is 14.2 Å². The molecule has 208 valence electrons. The van der Waals surface area contributed by atoms with Gasteiger partial charge in [0.1, 0.15) is 18.1 Å². The lowest BCUT2D eigenvalue weighted by Gasteiger charge is -2.26. The van der Waals surface area contributed by atoms with Gasteiger partial charge in [0.25, 0.3) is 11.7 Å². The number of aliphatic hydroxyl groups excluding tert-OH is 1. The number of carbonyl (C=O) groups is 2. The first kappa shape index (κ1) is 27.5. The molecule has 8 heteroatoms. The van der Waals surface area contributed by atoms with Crippen molar-refractivity contribution < 1.29 is 28.9 Å². The van der Waals surface area contributed by atoms with Gasteiger partial charge in [-0.25, -0.2) is 0 Å². The Morgan fingerprint density at radius 1 is 0.927 bits per heavy atom. The van der Waals surface area contributed by atoms with Gasteiger partial charge in [0.05, 0.1) is 25.8 Å². The van der Waals surface area contributed by atoms with Crippen LogP contribution in [0.15, 0.2) is 96.8 Å². The van der Waals surface area contributed by atoms with Gasteiger partial charge in [-0.05, 0) is 71.6 Å². The second-order valence-electron chi connectivity index (χ2n) is 9.64. The molecule has 1 N–H and O–H groups in total. The molecule has 2 heterocycles. The van der Waals surface area contributed by atoms with Gasteiger partial charge >= 0.3 is 0 Å². The third-order valence-corrected chi connectivity index (χ3v) is 7.12. The molecule has 1 aliphatic rings. The standard InChI is InChI=1S/C33H30N2O6/c1-21-7-4-5-9-25(21)20-41-26-13-10-23(11-14-26)31(36)29-30(24-12-15-27(39-2)28(17-24)40-3)35(33(38)32(29)37)19-22-8-6-16-34-18-22/h4-18,30,36H,19-20H2,1-3H3/b31-29-. The topological polar surface area (TPSA) is 98.2 Å². The van der Waals surface area contributed by atoms with Crippen molar-refractivity contribution in [1.29, 1.82) is 0 Å². The Balaban J connectivity index is 1.51. The summed E-state index contributed by atoms with van der Waals surface area (Å²) in [5, 5.41) is 11.5. The van der Waals surface area contributed by atoms with Crippen molar-refractivity contribution in [3.05, 3.63) is 125 Å². The summed E-state index contributed by atoms with van der Waals surface area (Å²) < 4.78 is 16.8. The molecule has 1 saturated heterocycles. The van der Waals surface area contributed by atoms with Crippen LogP contribution in [0.5, 0.6) is 17.2 Å². The second-order valence-corrected chi connectivity index (χ2v) is 9.64. The maximum Gasteiger partial charge on any atom is 0.295 e. The van der Waals surface area contributed by atoms with Gasteiger partial charge < -0.3 is 24.2 Å². The van der Waals surface area contributed by atoms with E-state index in [1.807, 2.05) is 37.3 Å². The molecule has 1 fully saturated rings. The predicted octanol–water partition coefficient (Wildman–Crippen LogP) is 5.61. The quantitative estimate of drug-likeness (QED) is 0.164. The number of aliphatic hydroxyl groups is 1. The van der Waals surface area contributed by atoms with E-state index in [1.54, 1.807) is 60.9 Å². The van der Waals surface area contributed by atoms with E-state index in [0.717, 1.165) is 16.7 Å². The van der Waals surface area contributed by atoms with Crippen LogP contribution in [0.3, 0.4) is 0 Å². The van der Waals surface area contributed by atoms with Gasteiger partial charge in [-0.15, -0.1) is 0 Å². The van der Waals surface area contributed by atoms with Crippen molar-refractivity contribution in [1.82, 2.24) is 9.88 Å². The molecule has 0 radical (unpaired) electrons. The number of aromatic nitrogens is 1. The van der Waals surface area contributed by atoms with Crippen molar-refractivity contribution in [3.8, 4) is 17.2 Å². The van der Waals surface area contributed by atoms with E-state index >= 15 is 0 Å². The van der Waals surface area contributed by atoms with Crippen LogP contribution in [0.25, 0.3) is 5.76 Å². The fraction of sp³-hybridized carbons (Fsp3) is 0.182. The number of carbonyl (C=O) groups excluding carboxylic acids is 2. The monoisotopic (exact) mass is 550 g/mol. The van der Waals surface area contributed by atoms with Crippen molar-refractivity contribution in [2.45, 2.75) is 26.1 Å². The lowest BCUT2D eigenvalue weighted by atomic mass is 9.94. The number of hydrogen-bond acceptors (Lipinski definition) is 7. The summed E-state index contributed by atoms with van der Waals surface area (Å²) in [6, 6.07) is 22.7. The number of ketones is 1. The Morgan fingerprint density at radius 3 is 2.37 bits per heavy atom. The number of amides is 1. The number of Topliss-reactive ketones (excluding diaryl/α,β-unsaturated/α-hetero) is 1.